The molecule has 2 aromatic carbocycles. The largest absolute Gasteiger partial charge is 0.462 e. The molecule has 1 radical (unpaired) electrons. The third-order valence-electron chi connectivity index (χ3n) is 3.17. The monoisotopic (exact) mass is 351 g/mol. The van der Waals surface area contributed by atoms with Crippen LogP contribution in [0.25, 0.3) is 0 Å². The van der Waals surface area contributed by atoms with Crippen molar-refractivity contribution >= 4 is 30.5 Å². The summed E-state index contributed by atoms with van der Waals surface area (Å²) < 4.78 is 24.3. The molecule has 5 nitrogen and oxygen atoms in total. The molecule has 0 aliphatic heterocycles. The second kappa shape index (κ2) is 8.14. The topological polar surface area (TPSA) is 76.0 Å². The Bertz CT molecular complexity index is 753. The number of benzene rings is 2. The Kier molecular flexibility index (Phi) is 6.19. The van der Waals surface area contributed by atoms with Gasteiger partial charge in [-0.3, -0.25) is 0 Å². The molecule has 0 bridgehead atoms. The summed E-state index contributed by atoms with van der Waals surface area (Å²) in [5, 5.41) is 18.3. The van der Waals surface area contributed by atoms with Gasteiger partial charge in [-0.1, -0.05) is 17.7 Å². The van der Waals surface area contributed by atoms with Gasteiger partial charge in [0.25, 0.3) is 0 Å². The fraction of sp³-hybridized carbons (Fsp3) is 0.188. The summed E-state index contributed by atoms with van der Waals surface area (Å²) in [4.78, 5) is 11.6. The quantitative estimate of drug-likeness (QED) is 0.616. The predicted molar refractivity (Wildman–Crippen MR) is 87.4 cm³/mol. The zero-order valence-corrected chi connectivity index (χ0v) is 13.5. The first-order chi connectivity index (χ1) is 11.5. The number of esters is 1. The second-order valence-corrected chi connectivity index (χ2v) is 5.14. The van der Waals surface area contributed by atoms with Crippen molar-refractivity contribution < 1.29 is 28.8 Å². The lowest BCUT2D eigenvalue weighted by atomic mass is 9.84. The Morgan fingerprint density at radius 1 is 1.33 bits per heavy atom. The molecule has 0 aliphatic carbocycles. The van der Waals surface area contributed by atoms with Crippen LogP contribution in [-0.4, -0.2) is 30.2 Å². The van der Waals surface area contributed by atoms with Crippen molar-refractivity contribution in [1.82, 2.24) is 0 Å². The predicted octanol–water partition coefficient (Wildman–Crippen LogP) is 2.18. The highest BCUT2D eigenvalue weighted by Gasteiger charge is 2.17. The number of carbonyl (C=O) groups is 1. The minimum Gasteiger partial charge on any atom is -0.462 e. The van der Waals surface area contributed by atoms with Crippen molar-refractivity contribution in [2.24, 2.45) is 0 Å². The maximum absolute atomic E-state index is 14.1. The standard InChI is InChI=1S/C16H14BClFO5/c1-2-23-16(21)11-6-13(18)15(7-14(11)19)24-10-3-4-12(17-22)9(5-10)8-20/h3-7,20,22H,2,8H2,1H3. The van der Waals surface area contributed by atoms with Crippen LogP contribution >= 0.6 is 11.6 Å². The van der Waals surface area contributed by atoms with Crippen molar-refractivity contribution in [3.63, 3.8) is 0 Å². The van der Waals surface area contributed by atoms with E-state index >= 15 is 0 Å². The third-order valence-corrected chi connectivity index (χ3v) is 3.46. The van der Waals surface area contributed by atoms with Crippen LogP contribution in [0.4, 0.5) is 4.39 Å². The minimum absolute atomic E-state index is 0.00633. The number of carbonyl (C=O) groups excluding carboxylic acids is 1. The molecular formula is C16H14BClFO5. The molecule has 0 heterocycles. The van der Waals surface area contributed by atoms with Gasteiger partial charge in [-0.05, 0) is 36.1 Å². The maximum Gasteiger partial charge on any atom is 0.341 e. The summed E-state index contributed by atoms with van der Waals surface area (Å²) in [6.07, 6.45) is 0. The molecule has 0 spiro atoms. The summed E-state index contributed by atoms with van der Waals surface area (Å²) in [6.45, 7) is 1.42. The summed E-state index contributed by atoms with van der Waals surface area (Å²) >= 11 is 6.03. The molecule has 0 unspecified atom stereocenters. The zero-order chi connectivity index (χ0) is 17.7. The molecule has 0 saturated carbocycles. The molecule has 0 aliphatic rings. The van der Waals surface area contributed by atoms with Gasteiger partial charge >= 0.3 is 13.5 Å². The smallest absolute Gasteiger partial charge is 0.341 e. The first-order valence-electron chi connectivity index (χ1n) is 7.05. The van der Waals surface area contributed by atoms with Crippen LogP contribution in [0, 0.1) is 5.82 Å². The number of rotatable bonds is 6. The molecule has 24 heavy (non-hydrogen) atoms. The summed E-state index contributed by atoms with van der Waals surface area (Å²) in [7, 11) is 0.857. The van der Waals surface area contributed by atoms with Crippen LogP contribution in [0.3, 0.4) is 0 Å². The van der Waals surface area contributed by atoms with E-state index in [1.165, 1.54) is 18.2 Å². The molecule has 0 aromatic heterocycles. The second-order valence-electron chi connectivity index (χ2n) is 4.73. The number of aliphatic hydroxyl groups excluding tert-OH is 1. The van der Waals surface area contributed by atoms with Gasteiger partial charge in [-0.2, -0.15) is 0 Å². The molecule has 2 N–H and O–H groups in total. The van der Waals surface area contributed by atoms with Crippen molar-refractivity contribution in [1.29, 1.82) is 0 Å². The van der Waals surface area contributed by atoms with Gasteiger partial charge in [0.2, 0.25) is 0 Å². The van der Waals surface area contributed by atoms with Gasteiger partial charge in [0.15, 0.2) is 0 Å². The number of hydrogen-bond donors (Lipinski definition) is 2. The lowest BCUT2D eigenvalue weighted by molar-refractivity contribution is 0.0521. The zero-order valence-electron chi connectivity index (χ0n) is 12.8. The lowest BCUT2D eigenvalue weighted by Crippen LogP contribution is -2.18. The normalized spacial score (nSPS) is 10.4. The first-order valence-corrected chi connectivity index (χ1v) is 7.43. The molecule has 0 fully saturated rings. The Hall–Kier alpha value is -2.09. The van der Waals surface area contributed by atoms with Crippen molar-refractivity contribution in [3.8, 4) is 11.5 Å². The number of halogens is 2. The van der Waals surface area contributed by atoms with E-state index in [1.807, 2.05) is 0 Å². The summed E-state index contributed by atoms with van der Waals surface area (Å²) in [5.74, 6) is -1.34. The van der Waals surface area contributed by atoms with E-state index in [-0.39, 0.29) is 35.3 Å². The Morgan fingerprint density at radius 3 is 2.71 bits per heavy atom. The van der Waals surface area contributed by atoms with Crippen LogP contribution in [0.15, 0.2) is 30.3 Å². The van der Waals surface area contributed by atoms with Gasteiger partial charge in [-0.25, -0.2) is 9.18 Å². The Balaban J connectivity index is 2.30. The van der Waals surface area contributed by atoms with E-state index in [1.54, 1.807) is 6.92 Å². The number of aliphatic hydroxyl groups is 1. The summed E-state index contributed by atoms with van der Waals surface area (Å²) in [5.41, 5.74) is 0.574. The van der Waals surface area contributed by atoms with Gasteiger partial charge in [0.1, 0.15) is 17.3 Å². The lowest BCUT2D eigenvalue weighted by Gasteiger charge is -2.12. The van der Waals surface area contributed by atoms with E-state index in [2.05, 4.69) is 0 Å². The van der Waals surface area contributed by atoms with Gasteiger partial charge in [-0.15, -0.1) is 0 Å². The van der Waals surface area contributed by atoms with Crippen molar-refractivity contribution in [2.45, 2.75) is 13.5 Å². The average Bonchev–Trinajstić information content (AvgIpc) is 2.57. The first kappa shape index (κ1) is 18.3. The molecule has 0 atom stereocenters. The van der Waals surface area contributed by atoms with Crippen LogP contribution in [0.2, 0.25) is 5.02 Å². The van der Waals surface area contributed by atoms with E-state index in [0.717, 1.165) is 19.6 Å². The fourth-order valence-corrected chi connectivity index (χ4v) is 2.21. The minimum atomic E-state index is -0.824. The van der Waals surface area contributed by atoms with Crippen LogP contribution in [0.1, 0.15) is 22.8 Å². The molecule has 0 saturated heterocycles. The molecular weight excluding hydrogens is 337 g/mol. The number of ether oxygens (including phenoxy) is 2. The highest BCUT2D eigenvalue weighted by atomic mass is 35.5. The highest BCUT2D eigenvalue weighted by Crippen LogP contribution is 2.32. The van der Waals surface area contributed by atoms with Crippen molar-refractivity contribution in [3.05, 3.63) is 52.3 Å². The SMILES string of the molecule is CCOC(=O)c1cc(Cl)c(Oc2ccc([B]O)c(CO)c2)cc1F. The molecule has 125 valence electrons. The van der Waals surface area contributed by atoms with E-state index in [4.69, 9.17) is 26.1 Å². The van der Waals surface area contributed by atoms with Crippen LogP contribution < -0.4 is 10.2 Å². The van der Waals surface area contributed by atoms with E-state index in [9.17, 15) is 14.3 Å². The van der Waals surface area contributed by atoms with Gasteiger partial charge in [0, 0.05) is 6.07 Å². The third kappa shape index (κ3) is 4.06. The molecule has 8 heteroatoms. The number of hydrogen-bond acceptors (Lipinski definition) is 5. The van der Waals surface area contributed by atoms with E-state index in [0.29, 0.717) is 11.0 Å². The van der Waals surface area contributed by atoms with Crippen LogP contribution in [0.5, 0.6) is 11.5 Å². The Morgan fingerprint density at radius 2 is 2.08 bits per heavy atom. The average molecular weight is 352 g/mol. The summed E-state index contributed by atoms with van der Waals surface area (Å²) in [6, 6.07) is 6.65. The highest BCUT2D eigenvalue weighted by molar-refractivity contribution is 6.46. The maximum atomic E-state index is 14.1. The van der Waals surface area contributed by atoms with Crippen LogP contribution in [-0.2, 0) is 11.3 Å². The van der Waals surface area contributed by atoms with Gasteiger partial charge < -0.3 is 19.6 Å². The molecule has 2 aromatic rings. The fourth-order valence-electron chi connectivity index (χ4n) is 2.01. The molecule has 0 amide bonds. The van der Waals surface area contributed by atoms with Crippen molar-refractivity contribution in [2.75, 3.05) is 6.61 Å². The van der Waals surface area contributed by atoms with E-state index < -0.39 is 11.8 Å². The Labute approximate surface area is 143 Å². The molecule has 2 rings (SSSR count). The van der Waals surface area contributed by atoms with Gasteiger partial charge in [0.05, 0.1) is 23.8 Å².